The quantitative estimate of drug-likeness (QED) is 0.638. The number of hydrogen-bond donors (Lipinski definition) is 0. The Morgan fingerprint density at radius 2 is 2.00 bits per heavy atom. The minimum absolute atomic E-state index is 0.0248. The molecule has 1 fully saturated rings. The molecule has 1 saturated heterocycles. The van der Waals surface area contributed by atoms with Crippen LogP contribution >= 0.6 is 0 Å². The molecule has 15 heavy (non-hydrogen) atoms. The third kappa shape index (κ3) is 2.43. The number of esters is 1. The van der Waals surface area contributed by atoms with Gasteiger partial charge in [-0.3, -0.25) is 9.59 Å². The molecule has 0 aromatic carbocycles. The molecule has 1 aliphatic heterocycles. The number of nitrogens with zero attached hydrogens (tertiary/aromatic N) is 1. The Morgan fingerprint density at radius 3 is 2.47 bits per heavy atom. The molecule has 1 rings (SSSR count). The zero-order valence-electron chi connectivity index (χ0n) is 8.57. The van der Waals surface area contributed by atoms with E-state index in [2.05, 4.69) is 4.74 Å². The first-order valence-corrected chi connectivity index (χ1v) is 4.62. The molecule has 0 aromatic heterocycles. The summed E-state index contributed by atoms with van der Waals surface area (Å²) in [5, 5.41) is 0. The van der Waals surface area contributed by atoms with E-state index < -0.39 is 24.2 Å². The van der Waals surface area contributed by atoms with E-state index in [9.17, 15) is 18.4 Å². The van der Waals surface area contributed by atoms with Crippen molar-refractivity contribution in [3.8, 4) is 0 Å². The first-order chi connectivity index (χ1) is 6.97. The smallest absolute Gasteiger partial charge is 0.315 e. The van der Waals surface area contributed by atoms with Crippen LogP contribution in [0.4, 0.5) is 8.78 Å². The van der Waals surface area contributed by atoms with Crippen LogP contribution in [-0.2, 0) is 14.3 Å². The van der Waals surface area contributed by atoms with Crippen LogP contribution in [0.3, 0.4) is 0 Å². The number of amides is 1. The summed E-state index contributed by atoms with van der Waals surface area (Å²) in [6, 6.07) is 0. The molecular formula is C9H13F2NO3. The average molecular weight is 221 g/mol. The van der Waals surface area contributed by atoms with Crippen LogP contribution in [0, 0.1) is 11.8 Å². The van der Waals surface area contributed by atoms with Gasteiger partial charge in [0.15, 0.2) is 0 Å². The van der Waals surface area contributed by atoms with E-state index in [0.717, 1.165) is 4.90 Å². The molecule has 0 bridgehead atoms. The number of carbonyl (C=O) groups excluding carboxylic acids is 2. The SMILES string of the molecule is COC(=O)C1CN(C(=O)C(F)F)CC1C. The third-order valence-corrected chi connectivity index (χ3v) is 2.61. The predicted molar refractivity (Wildman–Crippen MR) is 47.3 cm³/mol. The number of hydrogen-bond acceptors (Lipinski definition) is 3. The fourth-order valence-electron chi connectivity index (χ4n) is 1.74. The minimum atomic E-state index is -3.01. The number of halogens is 2. The number of methoxy groups -OCH3 is 1. The summed E-state index contributed by atoms with van der Waals surface area (Å²) >= 11 is 0. The number of alkyl halides is 2. The maximum absolute atomic E-state index is 12.1. The molecule has 6 heteroatoms. The van der Waals surface area contributed by atoms with Gasteiger partial charge in [-0.25, -0.2) is 0 Å². The van der Waals surface area contributed by atoms with Crippen LogP contribution < -0.4 is 0 Å². The van der Waals surface area contributed by atoms with E-state index in [0.29, 0.717) is 0 Å². The minimum Gasteiger partial charge on any atom is -0.469 e. The fraction of sp³-hybridized carbons (Fsp3) is 0.778. The number of likely N-dealkylation sites (tertiary alicyclic amines) is 1. The van der Waals surface area contributed by atoms with Crippen molar-refractivity contribution in [2.24, 2.45) is 11.8 Å². The van der Waals surface area contributed by atoms with Gasteiger partial charge in [-0.15, -0.1) is 0 Å². The largest absolute Gasteiger partial charge is 0.469 e. The Hall–Kier alpha value is -1.20. The zero-order chi connectivity index (χ0) is 11.6. The maximum atomic E-state index is 12.1. The summed E-state index contributed by atoms with van der Waals surface area (Å²) in [7, 11) is 1.24. The maximum Gasteiger partial charge on any atom is 0.315 e. The third-order valence-electron chi connectivity index (χ3n) is 2.61. The van der Waals surface area contributed by atoms with Gasteiger partial charge in [-0.2, -0.15) is 8.78 Å². The molecule has 1 heterocycles. The van der Waals surface area contributed by atoms with Crippen molar-refractivity contribution in [2.75, 3.05) is 20.2 Å². The molecule has 86 valence electrons. The lowest BCUT2D eigenvalue weighted by Crippen LogP contribution is -2.34. The van der Waals surface area contributed by atoms with Gasteiger partial charge in [-0.1, -0.05) is 6.92 Å². The van der Waals surface area contributed by atoms with E-state index in [4.69, 9.17) is 0 Å². The summed E-state index contributed by atoms with van der Waals surface area (Å²) in [6.07, 6.45) is -3.01. The second-order valence-electron chi connectivity index (χ2n) is 3.65. The molecule has 0 aromatic rings. The van der Waals surface area contributed by atoms with Gasteiger partial charge in [0.25, 0.3) is 5.91 Å². The molecule has 1 aliphatic rings. The lowest BCUT2D eigenvalue weighted by molar-refractivity contribution is -0.146. The van der Waals surface area contributed by atoms with Crippen molar-refractivity contribution in [3.63, 3.8) is 0 Å². The van der Waals surface area contributed by atoms with Crippen LogP contribution in [0.1, 0.15) is 6.92 Å². The van der Waals surface area contributed by atoms with E-state index >= 15 is 0 Å². The van der Waals surface area contributed by atoms with Crippen molar-refractivity contribution in [1.82, 2.24) is 4.90 Å². The van der Waals surface area contributed by atoms with Crippen LogP contribution in [0.5, 0.6) is 0 Å². The monoisotopic (exact) mass is 221 g/mol. The lowest BCUT2D eigenvalue weighted by atomic mass is 9.99. The molecule has 0 aliphatic carbocycles. The lowest BCUT2D eigenvalue weighted by Gasteiger charge is -2.14. The van der Waals surface area contributed by atoms with Crippen molar-refractivity contribution < 1.29 is 23.1 Å². The standard InChI is InChI=1S/C9H13F2NO3/c1-5-3-12(8(13)7(10)11)4-6(5)9(14)15-2/h5-7H,3-4H2,1-2H3. The van der Waals surface area contributed by atoms with Gasteiger partial charge in [0, 0.05) is 13.1 Å². The van der Waals surface area contributed by atoms with Gasteiger partial charge in [0.1, 0.15) is 0 Å². The Labute approximate surface area is 86.2 Å². The first kappa shape index (κ1) is 11.9. The van der Waals surface area contributed by atoms with Gasteiger partial charge < -0.3 is 9.64 Å². The van der Waals surface area contributed by atoms with Crippen LogP contribution in [0.25, 0.3) is 0 Å². The van der Waals surface area contributed by atoms with Crippen LogP contribution in [-0.4, -0.2) is 43.4 Å². The molecule has 4 nitrogen and oxygen atoms in total. The molecule has 2 atom stereocenters. The second kappa shape index (κ2) is 4.55. The highest BCUT2D eigenvalue weighted by Gasteiger charge is 2.39. The van der Waals surface area contributed by atoms with Gasteiger partial charge >= 0.3 is 12.4 Å². The number of carbonyl (C=O) groups is 2. The van der Waals surface area contributed by atoms with E-state index in [1.807, 2.05) is 0 Å². The van der Waals surface area contributed by atoms with E-state index in [1.54, 1.807) is 6.92 Å². The van der Waals surface area contributed by atoms with Gasteiger partial charge in [0.05, 0.1) is 13.0 Å². The Bertz CT molecular complexity index is 270. The predicted octanol–water partition coefficient (Wildman–Crippen LogP) is 0.519. The second-order valence-corrected chi connectivity index (χ2v) is 3.65. The highest BCUT2D eigenvalue weighted by molar-refractivity contribution is 5.81. The Morgan fingerprint density at radius 1 is 1.40 bits per heavy atom. The highest BCUT2D eigenvalue weighted by atomic mass is 19.3. The summed E-state index contributed by atoms with van der Waals surface area (Å²) < 4.78 is 28.7. The topological polar surface area (TPSA) is 46.6 Å². The molecule has 0 spiro atoms. The van der Waals surface area contributed by atoms with Gasteiger partial charge in [0.2, 0.25) is 0 Å². The molecular weight excluding hydrogens is 208 g/mol. The zero-order valence-corrected chi connectivity index (χ0v) is 8.57. The summed E-state index contributed by atoms with van der Waals surface area (Å²) in [4.78, 5) is 23.2. The fourth-order valence-corrected chi connectivity index (χ4v) is 1.74. The van der Waals surface area contributed by atoms with Crippen molar-refractivity contribution in [2.45, 2.75) is 13.3 Å². The van der Waals surface area contributed by atoms with Crippen molar-refractivity contribution in [3.05, 3.63) is 0 Å². The number of ether oxygens (including phenoxy) is 1. The molecule has 0 radical (unpaired) electrons. The van der Waals surface area contributed by atoms with Crippen LogP contribution in [0.15, 0.2) is 0 Å². The van der Waals surface area contributed by atoms with E-state index in [-0.39, 0.29) is 19.0 Å². The highest BCUT2D eigenvalue weighted by Crippen LogP contribution is 2.24. The van der Waals surface area contributed by atoms with Crippen LogP contribution in [0.2, 0.25) is 0 Å². The van der Waals surface area contributed by atoms with Gasteiger partial charge in [-0.05, 0) is 5.92 Å². The van der Waals surface area contributed by atoms with Crippen molar-refractivity contribution >= 4 is 11.9 Å². The average Bonchev–Trinajstić information content (AvgIpc) is 2.57. The summed E-state index contributed by atoms with van der Waals surface area (Å²) in [6.45, 7) is 1.94. The summed E-state index contributed by atoms with van der Waals surface area (Å²) in [5.74, 6) is -2.29. The Balaban J connectivity index is 2.63. The molecule has 0 N–H and O–H groups in total. The summed E-state index contributed by atoms with van der Waals surface area (Å²) in [5.41, 5.74) is 0. The molecule has 1 amide bonds. The van der Waals surface area contributed by atoms with E-state index in [1.165, 1.54) is 7.11 Å². The molecule has 0 saturated carbocycles. The van der Waals surface area contributed by atoms with Crippen molar-refractivity contribution in [1.29, 1.82) is 0 Å². The normalized spacial score (nSPS) is 25.8. The Kier molecular flexibility index (Phi) is 3.60. The number of rotatable bonds is 2. The molecule has 2 unspecified atom stereocenters. The first-order valence-electron chi connectivity index (χ1n) is 4.62.